The Morgan fingerprint density at radius 2 is 1.91 bits per heavy atom. The first-order chi connectivity index (χ1) is 5.04. The molecule has 1 aliphatic rings. The van der Waals surface area contributed by atoms with E-state index in [4.69, 9.17) is 15.3 Å². The van der Waals surface area contributed by atoms with Crippen LogP contribution < -0.4 is 0 Å². The number of hydrogen-bond acceptors (Lipinski definition) is 5. The Labute approximate surface area is 63.2 Å². The highest BCUT2D eigenvalue weighted by atomic mass is 16.6. The molecule has 3 N–H and O–H groups in total. The van der Waals surface area contributed by atoms with E-state index in [0.717, 1.165) is 0 Å². The SMILES string of the molecule is C[C@H]1O[C@H](O)[C@@H](O)[C@@H](O)C1=O. The third-order valence-corrected chi connectivity index (χ3v) is 1.65. The van der Waals surface area contributed by atoms with Crippen LogP contribution in [-0.2, 0) is 9.53 Å². The molecule has 1 aliphatic heterocycles. The molecule has 11 heavy (non-hydrogen) atoms. The molecule has 64 valence electrons. The Bertz CT molecular complexity index is 168. The van der Waals surface area contributed by atoms with Crippen LogP contribution in [0.4, 0.5) is 0 Å². The molecule has 0 unspecified atom stereocenters. The molecular weight excluding hydrogens is 152 g/mol. The third-order valence-electron chi connectivity index (χ3n) is 1.65. The standard InChI is InChI=1S/C6H10O5/c1-2-3(7)4(8)5(9)6(10)11-2/h2,4-6,8-10H,1H3/t2-,4+,5+,6+/m1/s1. The highest BCUT2D eigenvalue weighted by Gasteiger charge is 2.40. The van der Waals surface area contributed by atoms with E-state index in [1.807, 2.05) is 0 Å². The molecule has 0 amide bonds. The fourth-order valence-electron chi connectivity index (χ4n) is 0.921. The lowest BCUT2D eigenvalue weighted by Gasteiger charge is -2.31. The number of hydrogen-bond donors (Lipinski definition) is 3. The predicted molar refractivity (Wildman–Crippen MR) is 33.6 cm³/mol. The maximum atomic E-state index is 10.8. The largest absolute Gasteiger partial charge is 0.385 e. The molecule has 0 aromatic heterocycles. The van der Waals surface area contributed by atoms with E-state index in [0.29, 0.717) is 0 Å². The summed E-state index contributed by atoms with van der Waals surface area (Å²) in [6.45, 7) is 1.40. The van der Waals surface area contributed by atoms with Crippen LogP contribution in [0.5, 0.6) is 0 Å². The van der Waals surface area contributed by atoms with Crippen molar-refractivity contribution in [2.24, 2.45) is 0 Å². The normalized spacial score (nSPS) is 46.0. The van der Waals surface area contributed by atoms with Crippen LogP contribution in [0.1, 0.15) is 6.92 Å². The minimum atomic E-state index is -1.53. The lowest BCUT2D eigenvalue weighted by Crippen LogP contribution is -2.53. The fraction of sp³-hybridized carbons (Fsp3) is 0.833. The number of Topliss-reactive ketones (excluding diaryl/α,β-unsaturated/α-hetero) is 1. The number of aliphatic hydroxyl groups excluding tert-OH is 3. The first-order valence-corrected chi connectivity index (χ1v) is 3.27. The van der Waals surface area contributed by atoms with Gasteiger partial charge in [-0.3, -0.25) is 4.79 Å². The number of rotatable bonds is 0. The van der Waals surface area contributed by atoms with Gasteiger partial charge in [0.15, 0.2) is 12.1 Å². The van der Waals surface area contributed by atoms with Crippen LogP contribution in [0.25, 0.3) is 0 Å². The van der Waals surface area contributed by atoms with Crippen molar-refractivity contribution in [1.29, 1.82) is 0 Å². The second-order valence-electron chi connectivity index (χ2n) is 2.51. The van der Waals surface area contributed by atoms with Gasteiger partial charge in [-0.05, 0) is 6.92 Å². The monoisotopic (exact) mass is 162 g/mol. The van der Waals surface area contributed by atoms with E-state index < -0.39 is 30.4 Å². The van der Waals surface area contributed by atoms with Gasteiger partial charge in [0.2, 0.25) is 0 Å². The summed E-state index contributed by atoms with van der Waals surface area (Å²) in [5.74, 6) is -0.609. The van der Waals surface area contributed by atoms with E-state index >= 15 is 0 Å². The summed E-state index contributed by atoms with van der Waals surface area (Å²) in [4.78, 5) is 10.8. The predicted octanol–water partition coefficient (Wildman–Crippen LogP) is -1.99. The topological polar surface area (TPSA) is 87.0 Å². The lowest BCUT2D eigenvalue weighted by atomic mass is 10.0. The molecule has 1 heterocycles. The number of ketones is 1. The zero-order chi connectivity index (χ0) is 8.59. The second kappa shape index (κ2) is 2.86. The maximum Gasteiger partial charge on any atom is 0.192 e. The van der Waals surface area contributed by atoms with Gasteiger partial charge in [-0.25, -0.2) is 0 Å². The summed E-state index contributed by atoms with van der Waals surface area (Å²) >= 11 is 0. The first kappa shape index (κ1) is 8.61. The van der Waals surface area contributed by atoms with Crippen molar-refractivity contribution < 1.29 is 24.9 Å². The molecule has 4 atom stereocenters. The molecule has 1 saturated heterocycles. The van der Waals surface area contributed by atoms with Gasteiger partial charge in [0, 0.05) is 0 Å². The molecular formula is C6H10O5. The Morgan fingerprint density at radius 1 is 1.36 bits per heavy atom. The van der Waals surface area contributed by atoms with Gasteiger partial charge in [0.05, 0.1) is 0 Å². The average molecular weight is 162 g/mol. The molecule has 0 aromatic rings. The molecule has 0 spiro atoms. The lowest BCUT2D eigenvalue weighted by molar-refractivity contribution is -0.232. The summed E-state index contributed by atoms with van der Waals surface area (Å²) < 4.78 is 4.58. The number of carbonyl (C=O) groups excluding carboxylic acids is 1. The zero-order valence-corrected chi connectivity index (χ0v) is 5.97. The minimum absolute atomic E-state index is 0.609. The van der Waals surface area contributed by atoms with Gasteiger partial charge in [0.25, 0.3) is 0 Å². The highest BCUT2D eigenvalue weighted by molar-refractivity contribution is 5.88. The Balaban J connectivity index is 2.70. The van der Waals surface area contributed by atoms with Crippen LogP contribution in [0.3, 0.4) is 0 Å². The Morgan fingerprint density at radius 3 is 2.45 bits per heavy atom. The fourth-order valence-corrected chi connectivity index (χ4v) is 0.921. The summed E-state index contributed by atoms with van der Waals surface area (Å²) in [6, 6.07) is 0. The molecule has 5 heteroatoms. The molecule has 0 saturated carbocycles. The van der Waals surface area contributed by atoms with E-state index in [1.54, 1.807) is 0 Å². The van der Waals surface area contributed by atoms with Crippen LogP contribution in [0.15, 0.2) is 0 Å². The number of ether oxygens (including phenoxy) is 1. The van der Waals surface area contributed by atoms with Gasteiger partial charge < -0.3 is 20.1 Å². The molecule has 0 aliphatic carbocycles. The Kier molecular flexibility index (Phi) is 2.24. The summed E-state index contributed by atoms with van der Waals surface area (Å²) in [5.41, 5.74) is 0. The molecule has 1 rings (SSSR count). The van der Waals surface area contributed by atoms with E-state index in [1.165, 1.54) is 6.92 Å². The van der Waals surface area contributed by atoms with Crippen molar-refractivity contribution in [2.45, 2.75) is 31.5 Å². The van der Waals surface area contributed by atoms with Crippen LogP contribution in [0, 0.1) is 0 Å². The van der Waals surface area contributed by atoms with Crippen LogP contribution >= 0.6 is 0 Å². The van der Waals surface area contributed by atoms with Gasteiger partial charge in [0.1, 0.15) is 18.3 Å². The van der Waals surface area contributed by atoms with Crippen molar-refractivity contribution in [3.63, 3.8) is 0 Å². The van der Waals surface area contributed by atoms with Crippen LogP contribution in [0.2, 0.25) is 0 Å². The summed E-state index contributed by atoms with van der Waals surface area (Å²) in [6.07, 6.45) is -5.39. The van der Waals surface area contributed by atoms with E-state index in [9.17, 15) is 4.79 Å². The van der Waals surface area contributed by atoms with Gasteiger partial charge in [-0.2, -0.15) is 0 Å². The molecule has 0 aromatic carbocycles. The molecule has 5 nitrogen and oxygen atoms in total. The number of carbonyl (C=O) groups is 1. The maximum absolute atomic E-state index is 10.8. The van der Waals surface area contributed by atoms with Crippen molar-refractivity contribution in [2.75, 3.05) is 0 Å². The van der Waals surface area contributed by atoms with Crippen molar-refractivity contribution in [3.05, 3.63) is 0 Å². The smallest absolute Gasteiger partial charge is 0.192 e. The van der Waals surface area contributed by atoms with E-state index in [2.05, 4.69) is 4.74 Å². The van der Waals surface area contributed by atoms with Crippen molar-refractivity contribution in [1.82, 2.24) is 0 Å². The van der Waals surface area contributed by atoms with Crippen molar-refractivity contribution >= 4 is 5.78 Å². The van der Waals surface area contributed by atoms with Crippen LogP contribution in [-0.4, -0.2) is 45.7 Å². The summed E-state index contributed by atoms with van der Waals surface area (Å²) in [7, 11) is 0. The van der Waals surface area contributed by atoms with Gasteiger partial charge >= 0.3 is 0 Å². The second-order valence-corrected chi connectivity index (χ2v) is 2.51. The van der Waals surface area contributed by atoms with Gasteiger partial charge in [-0.15, -0.1) is 0 Å². The molecule has 1 fully saturated rings. The zero-order valence-electron chi connectivity index (χ0n) is 5.97. The summed E-state index contributed by atoms with van der Waals surface area (Å²) in [5, 5.41) is 26.7. The van der Waals surface area contributed by atoms with E-state index in [-0.39, 0.29) is 0 Å². The first-order valence-electron chi connectivity index (χ1n) is 3.27. The van der Waals surface area contributed by atoms with Gasteiger partial charge in [-0.1, -0.05) is 0 Å². The number of aliphatic hydroxyl groups is 3. The molecule has 0 bridgehead atoms. The minimum Gasteiger partial charge on any atom is -0.385 e. The molecule has 0 radical (unpaired) electrons. The third kappa shape index (κ3) is 1.41. The average Bonchev–Trinajstić information content (AvgIpc) is 1.97. The quantitative estimate of drug-likeness (QED) is 0.384. The highest BCUT2D eigenvalue weighted by Crippen LogP contribution is 2.14. The Hall–Kier alpha value is -0.490. The van der Waals surface area contributed by atoms with Crippen molar-refractivity contribution in [3.8, 4) is 0 Å².